The van der Waals surface area contributed by atoms with Gasteiger partial charge < -0.3 is 4.74 Å². The molecule has 1 atom stereocenters. The fourth-order valence-electron chi connectivity index (χ4n) is 3.30. The van der Waals surface area contributed by atoms with Crippen LogP contribution in [-0.4, -0.2) is 12.9 Å². The van der Waals surface area contributed by atoms with E-state index < -0.39 is 0 Å². The molecule has 1 saturated carbocycles. The number of aryl methyl sites for hydroxylation is 1. The highest BCUT2D eigenvalue weighted by molar-refractivity contribution is 5.75. The van der Waals surface area contributed by atoms with Crippen molar-refractivity contribution in [3.05, 3.63) is 29.3 Å². The van der Waals surface area contributed by atoms with Crippen LogP contribution in [0.5, 0.6) is 5.75 Å². The minimum atomic E-state index is 0.667. The first-order valence-electron chi connectivity index (χ1n) is 7.93. The van der Waals surface area contributed by atoms with Crippen LogP contribution in [0.25, 0.3) is 0 Å². The lowest BCUT2D eigenvalue weighted by atomic mass is 9.79. The van der Waals surface area contributed by atoms with E-state index in [-0.39, 0.29) is 0 Å². The quantitative estimate of drug-likeness (QED) is 0.697. The molecule has 1 fully saturated rings. The maximum Gasteiger partial charge on any atom is 0.150 e. The van der Waals surface area contributed by atoms with Gasteiger partial charge in [-0.3, -0.25) is 4.79 Å². The Morgan fingerprint density at radius 1 is 1.30 bits per heavy atom. The molecule has 0 radical (unpaired) electrons. The fourth-order valence-corrected chi connectivity index (χ4v) is 3.30. The predicted molar refractivity (Wildman–Crippen MR) is 82.4 cm³/mol. The third-order valence-corrected chi connectivity index (χ3v) is 4.63. The molecule has 0 bridgehead atoms. The number of carbonyl (C=O) groups excluding carboxylic acids is 1. The topological polar surface area (TPSA) is 26.3 Å². The number of aldehydes is 1. The second-order valence-corrected chi connectivity index (χ2v) is 6.02. The van der Waals surface area contributed by atoms with Crippen LogP contribution in [-0.2, 0) is 0 Å². The van der Waals surface area contributed by atoms with E-state index in [2.05, 4.69) is 6.92 Å². The minimum Gasteiger partial charge on any atom is -0.493 e. The first-order chi connectivity index (χ1) is 9.74. The summed E-state index contributed by atoms with van der Waals surface area (Å²) in [6.07, 6.45) is 8.97. The Labute approximate surface area is 122 Å². The van der Waals surface area contributed by atoms with E-state index in [0.717, 1.165) is 30.1 Å². The summed E-state index contributed by atoms with van der Waals surface area (Å²) in [5.74, 6) is 2.42. The summed E-state index contributed by atoms with van der Waals surface area (Å²) in [5, 5.41) is 0. The molecule has 2 rings (SSSR count). The molecule has 1 aliphatic rings. The van der Waals surface area contributed by atoms with Crippen LogP contribution in [0.4, 0.5) is 0 Å². The molecule has 0 saturated heterocycles. The van der Waals surface area contributed by atoms with Crippen molar-refractivity contribution in [2.75, 3.05) is 6.61 Å². The van der Waals surface area contributed by atoms with Gasteiger partial charge in [-0.05, 0) is 48.9 Å². The van der Waals surface area contributed by atoms with Gasteiger partial charge in [0.15, 0.2) is 0 Å². The molecule has 1 aliphatic carbocycles. The van der Waals surface area contributed by atoms with E-state index in [1.807, 2.05) is 25.1 Å². The highest BCUT2D eigenvalue weighted by Crippen LogP contribution is 2.32. The van der Waals surface area contributed by atoms with E-state index in [1.165, 1.54) is 38.5 Å². The Kier molecular flexibility index (Phi) is 5.63. The van der Waals surface area contributed by atoms with Gasteiger partial charge in [0.25, 0.3) is 0 Å². The summed E-state index contributed by atoms with van der Waals surface area (Å²) in [6.45, 7) is 5.08. The van der Waals surface area contributed by atoms with Crippen molar-refractivity contribution in [1.82, 2.24) is 0 Å². The molecule has 1 aromatic carbocycles. The average Bonchev–Trinajstić information content (AvgIpc) is 2.50. The smallest absolute Gasteiger partial charge is 0.150 e. The van der Waals surface area contributed by atoms with Gasteiger partial charge in [-0.1, -0.05) is 39.0 Å². The molecule has 1 unspecified atom stereocenters. The van der Waals surface area contributed by atoms with Crippen LogP contribution < -0.4 is 4.74 Å². The van der Waals surface area contributed by atoms with Crippen LogP contribution >= 0.6 is 0 Å². The first kappa shape index (κ1) is 15.1. The molecular weight excluding hydrogens is 248 g/mol. The molecule has 2 nitrogen and oxygen atoms in total. The van der Waals surface area contributed by atoms with Crippen molar-refractivity contribution >= 4 is 6.29 Å². The van der Waals surface area contributed by atoms with E-state index in [9.17, 15) is 4.79 Å². The number of carbonyl (C=O) groups is 1. The summed E-state index contributed by atoms with van der Waals surface area (Å²) in [6, 6.07) is 5.65. The summed E-state index contributed by atoms with van der Waals surface area (Å²) >= 11 is 0. The molecule has 0 heterocycles. The molecule has 0 N–H and O–H groups in total. The summed E-state index contributed by atoms with van der Waals surface area (Å²) in [5.41, 5.74) is 1.77. The van der Waals surface area contributed by atoms with Crippen molar-refractivity contribution in [2.45, 2.75) is 52.4 Å². The Morgan fingerprint density at radius 2 is 2.05 bits per heavy atom. The molecule has 0 aromatic heterocycles. The van der Waals surface area contributed by atoms with Gasteiger partial charge in [0.2, 0.25) is 0 Å². The van der Waals surface area contributed by atoms with E-state index in [1.54, 1.807) is 0 Å². The van der Waals surface area contributed by atoms with Crippen LogP contribution in [0.15, 0.2) is 18.2 Å². The number of benzene rings is 1. The maximum absolute atomic E-state index is 10.7. The molecule has 1 aromatic rings. The number of hydrogen-bond acceptors (Lipinski definition) is 2. The number of ether oxygens (including phenoxy) is 1. The number of rotatable bonds is 6. The zero-order chi connectivity index (χ0) is 14.4. The fraction of sp³-hybridized carbons (Fsp3) is 0.611. The monoisotopic (exact) mass is 274 g/mol. The summed E-state index contributed by atoms with van der Waals surface area (Å²) in [4.78, 5) is 10.7. The van der Waals surface area contributed by atoms with Crippen molar-refractivity contribution in [1.29, 1.82) is 0 Å². The molecule has 110 valence electrons. The maximum atomic E-state index is 10.7. The zero-order valence-electron chi connectivity index (χ0n) is 12.7. The lowest BCUT2D eigenvalue weighted by Crippen LogP contribution is -2.23. The molecule has 2 heteroatoms. The standard InChI is InChI=1S/C18H26O2/c1-3-16(17-7-5-4-6-8-17)13-20-18-10-9-15(12-19)11-14(18)2/h9-12,16-17H,3-8,13H2,1-2H3. The van der Waals surface area contributed by atoms with Crippen molar-refractivity contribution in [3.8, 4) is 5.75 Å². The molecular formula is C18H26O2. The van der Waals surface area contributed by atoms with Gasteiger partial charge in [0, 0.05) is 5.56 Å². The molecule has 0 aliphatic heterocycles. The van der Waals surface area contributed by atoms with Crippen molar-refractivity contribution in [2.24, 2.45) is 11.8 Å². The second kappa shape index (κ2) is 7.47. The molecule has 0 amide bonds. The van der Waals surface area contributed by atoms with E-state index in [4.69, 9.17) is 4.74 Å². The summed E-state index contributed by atoms with van der Waals surface area (Å²) in [7, 11) is 0. The van der Waals surface area contributed by atoms with Crippen LogP contribution in [0.3, 0.4) is 0 Å². The normalized spacial score (nSPS) is 17.7. The Morgan fingerprint density at radius 3 is 2.65 bits per heavy atom. The van der Waals surface area contributed by atoms with Gasteiger partial charge in [-0.15, -0.1) is 0 Å². The van der Waals surface area contributed by atoms with Gasteiger partial charge in [0.1, 0.15) is 12.0 Å². The third-order valence-electron chi connectivity index (χ3n) is 4.63. The van der Waals surface area contributed by atoms with Crippen LogP contribution in [0, 0.1) is 18.8 Å². The lowest BCUT2D eigenvalue weighted by molar-refractivity contribution is 0.112. The SMILES string of the molecule is CCC(COc1ccc(C=O)cc1C)C1CCCCC1. The van der Waals surface area contributed by atoms with E-state index >= 15 is 0 Å². The highest BCUT2D eigenvalue weighted by atomic mass is 16.5. The van der Waals surface area contributed by atoms with Crippen molar-refractivity contribution in [3.63, 3.8) is 0 Å². The van der Waals surface area contributed by atoms with Gasteiger partial charge >= 0.3 is 0 Å². The number of hydrogen-bond donors (Lipinski definition) is 0. The second-order valence-electron chi connectivity index (χ2n) is 6.02. The Balaban J connectivity index is 1.93. The van der Waals surface area contributed by atoms with Crippen molar-refractivity contribution < 1.29 is 9.53 Å². The zero-order valence-corrected chi connectivity index (χ0v) is 12.7. The Hall–Kier alpha value is -1.31. The largest absolute Gasteiger partial charge is 0.493 e. The Bertz CT molecular complexity index is 433. The third kappa shape index (κ3) is 3.84. The highest BCUT2D eigenvalue weighted by Gasteiger charge is 2.22. The summed E-state index contributed by atoms with van der Waals surface area (Å²) < 4.78 is 6.03. The average molecular weight is 274 g/mol. The van der Waals surface area contributed by atoms with Gasteiger partial charge in [-0.2, -0.15) is 0 Å². The van der Waals surface area contributed by atoms with E-state index in [0.29, 0.717) is 11.5 Å². The molecule has 0 spiro atoms. The van der Waals surface area contributed by atoms with Gasteiger partial charge in [-0.25, -0.2) is 0 Å². The van der Waals surface area contributed by atoms with Crippen LogP contribution in [0.2, 0.25) is 0 Å². The van der Waals surface area contributed by atoms with Crippen LogP contribution in [0.1, 0.15) is 61.4 Å². The predicted octanol–water partition coefficient (Wildman–Crippen LogP) is 4.79. The first-order valence-corrected chi connectivity index (χ1v) is 7.93. The van der Waals surface area contributed by atoms with Gasteiger partial charge in [0.05, 0.1) is 6.61 Å². The minimum absolute atomic E-state index is 0.667. The lowest BCUT2D eigenvalue weighted by Gasteiger charge is -2.29. The molecule has 20 heavy (non-hydrogen) atoms.